The molecule has 0 N–H and O–H groups in total. The number of benzene rings is 9. The Morgan fingerprint density at radius 2 is 0.464 bits per heavy atom. The first-order valence-electron chi connectivity index (χ1n) is 19.1. The first-order chi connectivity index (χ1) is 27.7. The maximum absolute atomic E-state index is 6.48. The second-order valence-corrected chi connectivity index (χ2v) is 14.5. The fourth-order valence-electron chi connectivity index (χ4n) is 8.18. The molecule has 9 aromatic carbocycles. The highest BCUT2D eigenvalue weighted by Crippen LogP contribution is 2.41. The molecular formula is C54H34O2. The summed E-state index contributed by atoms with van der Waals surface area (Å²) >= 11 is 0. The van der Waals surface area contributed by atoms with E-state index in [2.05, 4.69) is 206 Å². The van der Waals surface area contributed by atoms with E-state index in [1.165, 1.54) is 44.5 Å². The van der Waals surface area contributed by atoms with Crippen molar-refractivity contribution in [2.75, 3.05) is 0 Å². The monoisotopic (exact) mass is 714 g/mol. The van der Waals surface area contributed by atoms with Crippen molar-refractivity contribution in [2.45, 2.75) is 0 Å². The van der Waals surface area contributed by atoms with Gasteiger partial charge in [-0.1, -0.05) is 133 Å². The summed E-state index contributed by atoms with van der Waals surface area (Å²) in [6, 6.07) is 73.6. The zero-order valence-electron chi connectivity index (χ0n) is 30.4. The van der Waals surface area contributed by atoms with Gasteiger partial charge in [-0.15, -0.1) is 0 Å². The van der Waals surface area contributed by atoms with Gasteiger partial charge < -0.3 is 8.83 Å². The summed E-state index contributed by atoms with van der Waals surface area (Å²) in [5.74, 6) is 0. The number of hydrogen-bond acceptors (Lipinski definition) is 2. The SMILES string of the molecule is c1ccc(-c2cc(-c3ccccc3)cc(-c3ccc4oc5cc6oc7ccc(-c8cc(-c9ccccc9)cc(-c9ccccc9)c8)cc7c6cc5c4c3)c2)cc1. The Bertz CT molecular complexity index is 2880. The molecule has 11 aromatic rings. The molecule has 2 heterocycles. The Balaban J connectivity index is 1.05. The van der Waals surface area contributed by atoms with E-state index in [0.717, 1.165) is 66.1 Å². The average Bonchev–Trinajstić information content (AvgIpc) is 3.82. The van der Waals surface area contributed by atoms with Gasteiger partial charge in [0.1, 0.15) is 22.3 Å². The second kappa shape index (κ2) is 13.2. The number of furan rings is 2. The van der Waals surface area contributed by atoms with Crippen molar-refractivity contribution in [3.63, 3.8) is 0 Å². The first-order valence-corrected chi connectivity index (χ1v) is 19.1. The van der Waals surface area contributed by atoms with Crippen molar-refractivity contribution in [3.05, 3.63) is 206 Å². The van der Waals surface area contributed by atoms with Crippen LogP contribution < -0.4 is 0 Å². The Labute approximate surface area is 324 Å². The number of rotatable bonds is 6. The van der Waals surface area contributed by atoms with E-state index in [4.69, 9.17) is 8.83 Å². The van der Waals surface area contributed by atoms with Gasteiger partial charge in [-0.3, -0.25) is 0 Å². The van der Waals surface area contributed by atoms with Crippen molar-refractivity contribution in [1.29, 1.82) is 0 Å². The highest BCUT2D eigenvalue weighted by molar-refractivity contribution is 6.16. The number of hydrogen-bond donors (Lipinski definition) is 0. The largest absolute Gasteiger partial charge is 0.456 e. The maximum atomic E-state index is 6.48. The van der Waals surface area contributed by atoms with E-state index in [1.54, 1.807) is 0 Å². The summed E-state index contributed by atoms with van der Waals surface area (Å²) in [7, 11) is 0. The van der Waals surface area contributed by atoms with Crippen LogP contribution in [0.5, 0.6) is 0 Å². The van der Waals surface area contributed by atoms with Crippen molar-refractivity contribution in [1.82, 2.24) is 0 Å². The Kier molecular flexibility index (Phi) is 7.53. The van der Waals surface area contributed by atoms with Gasteiger partial charge in [0.05, 0.1) is 0 Å². The second-order valence-electron chi connectivity index (χ2n) is 14.5. The lowest BCUT2D eigenvalue weighted by atomic mass is 9.92. The van der Waals surface area contributed by atoms with Crippen LogP contribution in [0.3, 0.4) is 0 Å². The first kappa shape index (κ1) is 32.0. The Hall–Kier alpha value is -7.42. The van der Waals surface area contributed by atoms with Crippen LogP contribution in [0.1, 0.15) is 0 Å². The summed E-state index contributed by atoms with van der Waals surface area (Å²) in [6.45, 7) is 0. The molecule has 0 aliphatic rings. The zero-order chi connectivity index (χ0) is 37.0. The van der Waals surface area contributed by atoms with E-state index in [0.29, 0.717) is 0 Å². The molecular weight excluding hydrogens is 681 g/mol. The van der Waals surface area contributed by atoms with E-state index < -0.39 is 0 Å². The Morgan fingerprint density at radius 1 is 0.179 bits per heavy atom. The van der Waals surface area contributed by atoms with Gasteiger partial charge in [-0.2, -0.15) is 0 Å². The maximum Gasteiger partial charge on any atom is 0.139 e. The van der Waals surface area contributed by atoms with E-state index in [-0.39, 0.29) is 0 Å². The lowest BCUT2D eigenvalue weighted by molar-refractivity contribution is 0.656. The third-order valence-corrected chi connectivity index (χ3v) is 11.0. The quantitative estimate of drug-likeness (QED) is 0.171. The van der Waals surface area contributed by atoms with Crippen molar-refractivity contribution >= 4 is 43.9 Å². The van der Waals surface area contributed by atoms with Crippen LogP contribution >= 0.6 is 0 Å². The van der Waals surface area contributed by atoms with Gasteiger partial charge in [0.15, 0.2) is 0 Å². The Morgan fingerprint density at radius 3 is 0.786 bits per heavy atom. The van der Waals surface area contributed by atoms with Crippen LogP contribution in [0.4, 0.5) is 0 Å². The molecule has 0 atom stereocenters. The topological polar surface area (TPSA) is 26.3 Å². The van der Waals surface area contributed by atoms with E-state index in [1.807, 2.05) is 0 Å². The molecule has 0 aliphatic carbocycles. The van der Waals surface area contributed by atoms with Crippen molar-refractivity contribution in [3.8, 4) is 66.8 Å². The minimum Gasteiger partial charge on any atom is -0.456 e. The molecule has 2 nitrogen and oxygen atoms in total. The highest BCUT2D eigenvalue weighted by Gasteiger charge is 2.17. The molecule has 0 unspecified atom stereocenters. The van der Waals surface area contributed by atoms with Gasteiger partial charge in [0.2, 0.25) is 0 Å². The molecule has 0 amide bonds. The summed E-state index contributed by atoms with van der Waals surface area (Å²) in [4.78, 5) is 0. The lowest BCUT2D eigenvalue weighted by Gasteiger charge is -2.11. The summed E-state index contributed by atoms with van der Waals surface area (Å²) < 4.78 is 13.0. The molecule has 0 fully saturated rings. The molecule has 2 aromatic heterocycles. The predicted octanol–water partition coefficient (Wildman–Crippen LogP) is 15.5. The van der Waals surface area contributed by atoms with Crippen LogP contribution in [-0.4, -0.2) is 0 Å². The normalized spacial score (nSPS) is 11.6. The van der Waals surface area contributed by atoms with Gasteiger partial charge in [0.25, 0.3) is 0 Å². The smallest absolute Gasteiger partial charge is 0.139 e. The fourth-order valence-corrected chi connectivity index (χ4v) is 8.18. The minimum atomic E-state index is 0.815. The lowest BCUT2D eigenvalue weighted by Crippen LogP contribution is -1.86. The zero-order valence-corrected chi connectivity index (χ0v) is 30.4. The summed E-state index contributed by atoms with van der Waals surface area (Å²) in [5, 5.41) is 4.31. The molecule has 0 bridgehead atoms. The van der Waals surface area contributed by atoms with Crippen LogP contribution in [0, 0.1) is 0 Å². The van der Waals surface area contributed by atoms with Crippen LogP contribution in [0.2, 0.25) is 0 Å². The van der Waals surface area contributed by atoms with Crippen LogP contribution in [0.15, 0.2) is 215 Å². The third kappa shape index (κ3) is 5.68. The standard InChI is InChI=1S/C54H34O2/c1-5-13-35(14-6-1)41-25-42(36-15-7-2-8-16-36)28-45(27-41)39-21-23-51-47(31-39)49-33-50-48-32-40(22-24-52(48)56-54(50)34-53(49)55-51)46-29-43(37-17-9-3-10-18-37)26-44(30-46)38-19-11-4-12-20-38/h1-34H. The highest BCUT2D eigenvalue weighted by atomic mass is 16.3. The van der Waals surface area contributed by atoms with Crippen LogP contribution in [-0.2, 0) is 0 Å². The van der Waals surface area contributed by atoms with Gasteiger partial charge in [-0.05, 0) is 133 Å². The molecule has 2 heteroatoms. The molecule has 11 rings (SSSR count). The van der Waals surface area contributed by atoms with Gasteiger partial charge in [0, 0.05) is 27.6 Å². The third-order valence-electron chi connectivity index (χ3n) is 11.0. The van der Waals surface area contributed by atoms with Crippen molar-refractivity contribution in [2.24, 2.45) is 0 Å². The van der Waals surface area contributed by atoms with Crippen molar-refractivity contribution < 1.29 is 8.83 Å². The number of fused-ring (bicyclic) bond motifs is 6. The molecule has 262 valence electrons. The fraction of sp³-hybridized carbons (Fsp3) is 0. The molecule has 0 spiro atoms. The molecule has 0 saturated carbocycles. The molecule has 0 aliphatic heterocycles. The van der Waals surface area contributed by atoms with Gasteiger partial charge in [-0.25, -0.2) is 0 Å². The molecule has 0 radical (unpaired) electrons. The average molecular weight is 715 g/mol. The summed E-state index contributed by atoms with van der Waals surface area (Å²) in [5.41, 5.74) is 17.5. The van der Waals surface area contributed by atoms with Crippen LogP contribution in [0.25, 0.3) is 111 Å². The minimum absolute atomic E-state index is 0.815. The molecule has 56 heavy (non-hydrogen) atoms. The van der Waals surface area contributed by atoms with E-state index in [9.17, 15) is 0 Å². The molecule has 0 saturated heterocycles. The van der Waals surface area contributed by atoms with Gasteiger partial charge >= 0.3 is 0 Å². The predicted molar refractivity (Wildman–Crippen MR) is 234 cm³/mol. The van der Waals surface area contributed by atoms with E-state index >= 15 is 0 Å². The summed E-state index contributed by atoms with van der Waals surface area (Å²) in [6.07, 6.45) is 0.